The Kier molecular flexibility index (Phi) is 8.34. The van der Waals surface area contributed by atoms with Crippen molar-refractivity contribution in [1.29, 1.82) is 5.26 Å². The zero-order chi connectivity index (χ0) is 29.3. The number of carbonyl (C=O) groups excluding carboxylic acids is 1. The van der Waals surface area contributed by atoms with Crippen molar-refractivity contribution in [3.05, 3.63) is 76.1 Å². The van der Waals surface area contributed by atoms with Crippen molar-refractivity contribution >= 4 is 5.91 Å². The first-order valence-corrected chi connectivity index (χ1v) is 14.2. The summed E-state index contributed by atoms with van der Waals surface area (Å²) in [6.45, 7) is 10.4. The molecule has 2 aliphatic rings. The molecule has 0 radical (unpaired) electrons. The molecule has 2 aliphatic heterocycles. The number of halogens is 1. The van der Waals surface area contributed by atoms with E-state index in [4.69, 9.17) is 9.47 Å². The number of carbonyl (C=O) groups is 1. The Balaban J connectivity index is 1.49. The first-order valence-electron chi connectivity index (χ1n) is 14.2. The van der Waals surface area contributed by atoms with Crippen LogP contribution in [-0.4, -0.2) is 71.2 Å². The second-order valence-corrected chi connectivity index (χ2v) is 10.8. The Morgan fingerprint density at radius 2 is 2.00 bits per heavy atom. The van der Waals surface area contributed by atoms with Crippen molar-refractivity contribution in [2.24, 2.45) is 0 Å². The lowest BCUT2D eigenvalue weighted by Crippen LogP contribution is -2.59. The third kappa shape index (κ3) is 5.54. The van der Waals surface area contributed by atoms with Gasteiger partial charge in [0, 0.05) is 61.9 Å². The van der Waals surface area contributed by atoms with Crippen LogP contribution in [0.1, 0.15) is 65.2 Å². The molecule has 41 heavy (non-hydrogen) atoms. The van der Waals surface area contributed by atoms with Gasteiger partial charge in [-0.1, -0.05) is 6.07 Å². The van der Waals surface area contributed by atoms with Crippen LogP contribution < -0.4 is 4.74 Å². The maximum absolute atomic E-state index is 14.1. The number of hydrogen-bond acceptors (Lipinski definition) is 7. The molecule has 0 saturated carbocycles. The predicted octanol–water partition coefficient (Wildman–Crippen LogP) is 4.88. The van der Waals surface area contributed by atoms with E-state index in [0.29, 0.717) is 53.9 Å². The summed E-state index contributed by atoms with van der Waals surface area (Å²) in [7, 11) is 1.75. The number of aromatic nitrogens is 2. The summed E-state index contributed by atoms with van der Waals surface area (Å²) in [4.78, 5) is 26.9. The highest BCUT2D eigenvalue weighted by atomic mass is 19.1. The highest BCUT2D eigenvalue weighted by Gasteiger charge is 2.35. The van der Waals surface area contributed by atoms with E-state index in [1.54, 1.807) is 26.2 Å². The molecule has 1 unspecified atom stereocenters. The molecule has 0 bridgehead atoms. The van der Waals surface area contributed by atoms with Crippen LogP contribution in [0.3, 0.4) is 0 Å². The van der Waals surface area contributed by atoms with Crippen LogP contribution in [0.4, 0.5) is 4.39 Å². The number of amides is 1. The quantitative estimate of drug-likeness (QED) is 0.346. The highest BCUT2D eigenvalue weighted by Crippen LogP contribution is 2.36. The minimum absolute atomic E-state index is 0.0736. The van der Waals surface area contributed by atoms with Gasteiger partial charge in [0.15, 0.2) is 0 Å². The highest BCUT2D eigenvalue weighted by molar-refractivity contribution is 5.99. The Morgan fingerprint density at radius 1 is 1.22 bits per heavy atom. The van der Waals surface area contributed by atoms with E-state index in [2.05, 4.69) is 33.9 Å². The molecule has 9 heteroatoms. The molecule has 1 fully saturated rings. The molecule has 0 aliphatic carbocycles. The van der Waals surface area contributed by atoms with Gasteiger partial charge < -0.3 is 14.4 Å². The lowest BCUT2D eigenvalue weighted by Gasteiger charge is -2.45. The average Bonchev–Trinajstić information content (AvgIpc) is 2.96. The topological polar surface area (TPSA) is 91.6 Å². The van der Waals surface area contributed by atoms with Gasteiger partial charge in [-0.25, -0.2) is 4.98 Å². The fourth-order valence-electron chi connectivity index (χ4n) is 5.93. The third-order valence-corrected chi connectivity index (χ3v) is 8.47. The number of ether oxygens (including phenoxy) is 2. The van der Waals surface area contributed by atoms with Gasteiger partial charge in [0.2, 0.25) is 5.95 Å². The third-order valence-electron chi connectivity index (χ3n) is 8.47. The minimum Gasteiger partial charge on any atom is -0.492 e. The number of hydrogen-bond donors (Lipinski definition) is 0. The fraction of sp³-hybridized carbons (Fsp3) is 0.438. The standard InChI is InChI=1S/C32H36FN5O3/c1-6-41-29-15-28(35-17-23(29)16-34)20(3)38-12-10-25-26(24-7-8-31(33)36-19(24)2)13-22(14-27(25)32(38)39)9-11-37-18-30(40-5)21(37)4/h7-8,13-15,17,20-21,30H,6,9-12,18H2,1-5H3/t20?,21-,30-/m1/s1. The number of nitrogens with zero attached hydrogens (tertiary/aromatic N) is 5. The van der Waals surface area contributed by atoms with Crippen molar-refractivity contribution < 1.29 is 18.7 Å². The molecule has 3 aromatic rings. The smallest absolute Gasteiger partial charge is 0.254 e. The first kappa shape index (κ1) is 28.7. The van der Waals surface area contributed by atoms with Crippen molar-refractivity contribution in [3.63, 3.8) is 0 Å². The van der Waals surface area contributed by atoms with E-state index in [1.165, 1.54) is 12.3 Å². The minimum atomic E-state index is -0.520. The molecular weight excluding hydrogens is 521 g/mol. The summed E-state index contributed by atoms with van der Waals surface area (Å²) < 4.78 is 25.1. The largest absolute Gasteiger partial charge is 0.492 e. The van der Waals surface area contributed by atoms with E-state index in [0.717, 1.165) is 41.8 Å². The van der Waals surface area contributed by atoms with Gasteiger partial charge in [-0.3, -0.25) is 14.7 Å². The Hall–Kier alpha value is -3.87. The first-order chi connectivity index (χ1) is 19.7. The number of likely N-dealkylation sites (tertiary alicyclic amines) is 1. The fourth-order valence-corrected chi connectivity index (χ4v) is 5.93. The van der Waals surface area contributed by atoms with Crippen LogP contribution in [0, 0.1) is 24.2 Å². The van der Waals surface area contributed by atoms with Crippen LogP contribution in [0.25, 0.3) is 11.1 Å². The molecule has 1 saturated heterocycles. The molecule has 1 aromatic carbocycles. The Morgan fingerprint density at radius 3 is 2.68 bits per heavy atom. The second kappa shape index (κ2) is 11.9. The van der Waals surface area contributed by atoms with E-state index in [1.807, 2.05) is 24.8 Å². The van der Waals surface area contributed by atoms with Gasteiger partial charge >= 0.3 is 0 Å². The number of nitriles is 1. The summed E-state index contributed by atoms with van der Waals surface area (Å²) in [5, 5.41) is 9.42. The zero-order valence-electron chi connectivity index (χ0n) is 24.3. The molecule has 0 spiro atoms. The summed E-state index contributed by atoms with van der Waals surface area (Å²) >= 11 is 0. The lowest BCUT2D eigenvalue weighted by atomic mass is 9.86. The van der Waals surface area contributed by atoms with Gasteiger partial charge in [0.1, 0.15) is 17.4 Å². The van der Waals surface area contributed by atoms with Crippen molar-refractivity contribution in [2.75, 3.05) is 33.4 Å². The molecule has 5 rings (SSSR count). The molecule has 2 aromatic heterocycles. The monoisotopic (exact) mass is 557 g/mol. The maximum atomic E-state index is 14.1. The number of methoxy groups -OCH3 is 1. The van der Waals surface area contributed by atoms with Gasteiger partial charge in [0.05, 0.1) is 24.4 Å². The molecule has 214 valence electrons. The summed E-state index contributed by atoms with van der Waals surface area (Å²) in [5.74, 6) is -0.125. The normalized spacial score (nSPS) is 19.3. The molecule has 4 heterocycles. The van der Waals surface area contributed by atoms with Crippen molar-refractivity contribution in [2.45, 2.75) is 58.7 Å². The molecular formula is C32H36FN5O3. The summed E-state index contributed by atoms with van der Waals surface area (Å²) in [6, 6.07) is 11.2. The SMILES string of the molecule is CCOc1cc(C(C)N2CCc3c(cc(CCN4C[C@@H](OC)[C@H]4C)cc3-c3ccc(F)nc3C)C2=O)ncc1C#N. The van der Waals surface area contributed by atoms with E-state index in [-0.39, 0.29) is 18.1 Å². The van der Waals surface area contributed by atoms with Crippen LogP contribution in [-0.2, 0) is 17.6 Å². The van der Waals surface area contributed by atoms with Crippen LogP contribution in [0.5, 0.6) is 5.75 Å². The van der Waals surface area contributed by atoms with E-state index < -0.39 is 5.95 Å². The summed E-state index contributed by atoms with van der Waals surface area (Å²) in [5.41, 5.74) is 6.06. The Labute approximate surface area is 240 Å². The van der Waals surface area contributed by atoms with Gasteiger partial charge in [-0.05, 0) is 75.4 Å². The van der Waals surface area contributed by atoms with E-state index in [9.17, 15) is 14.4 Å². The average molecular weight is 558 g/mol. The van der Waals surface area contributed by atoms with E-state index >= 15 is 0 Å². The van der Waals surface area contributed by atoms with Crippen LogP contribution in [0.2, 0.25) is 0 Å². The molecule has 0 N–H and O–H groups in total. The molecule has 3 atom stereocenters. The number of rotatable bonds is 9. The number of fused-ring (bicyclic) bond motifs is 1. The lowest BCUT2D eigenvalue weighted by molar-refractivity contribution is -0.0758. The predicted molar refractivity (Wildman–Crippen MR) is 153 cm³/mol. The number of pyridine rings is 2. The zero-order valence-corrected chi connectivity index (χ0v) is 24.3. The Bertz CT molecular complexity index is 1500. The van der Waals surface area contributed by atoms with Gasteiger partial charge in [0.25, 0.3) is 5.91 Å². The molecule has 1 amide bonds. The second-order valence-electron chi connectivity index (χ2n) is 10.8. The number of benzene rings is 1. The van der Waals surface area contributed by atoms with Crippen molar-refractivity contribution in [1.82, 2.24) is 19.8 Å². The maximum Gasteiger partial charge on any atom is 0.254 e. The molecule has 8 nitrogen and oxygen atoms in total. The van der Waals surface area contributed by atoms with Crippen molar-refractivity contribution in [3.8, 4) is 22.9 Å². The van der Waals surface area contributed by atoms with Gasteiger partial charge in [-0.15, -0.1) is 0 Å². The summed E-state index contributed by atoms with van der Waals surface area (Å²) in [6.07, 6.45) is 3.17. The van der Waals surface area contributed by atoms with Gasteiger partial charge in [-0.2, -0.15) is 9.65 Å². The van der Waals surface area contributed by atoms with Crippen LogP contribution >= 0.6 is 0 Å². The van der Waals surface area contributed by atoms with Crippen LogP contribution in [0.15, 0.2) is 36.5 Å². The number of aryl methyl sites for hydroxylation is 1.